The van der Waals surface area contributed by atoms with Crippen LogP contribution in [-0.2, 0) is 4.79 Å². The number of hydrogen-bond donors (Lipinski definition) is 0. The summed E-state index contributed by atoms with van der Waals surface area (Å²) in [5, 5.41) is 0.827. The number of nitrogens with zero attached hydrogens (tertiary/aromatic N) is 3. The van der Waals surface area contributed by atoms with E-state index in [-0.39, 0.29) is 11.8 Å². The molecule has 1 aromatic heterocycles. The van der Waals surface area contributed by atoms with Gasteiger partial charge < -0.3 is 9.80 Å². The lowest BCUT2D eigenvalue weighted by atomic mass is 9.88. The molecule has 6 heteroatoms. The van der Waals surface area contributed by atoms with Gasteiger partial charge in [0, 0.05) is 31.4 Å². The summed E-state index contributed by atoms with van der Waals surface area (Å²) >= 11 is 1.51. The minimum atomic E-state index is 0.0772. The van der Waals surface area contributed by atoms with Crippen molar-refractivity contribution in [2.24, 2.45) is 0 Å². The summed E-state index contributed by atoms with van der Waals surface area (Å²) in [5.41, 5.74) is 0.651. The number of thioether (sulfide) groups is 1. The SMILES string of the molecule is O=C(c1ccc(SCC(=O)N(C2CCCCC2)C2CCCCC2)nc1)N1CCCC1. The van der Waals surface area contributed by atoms with Crippen LogP contribution in [0.25, 0.3) is 0 Å². The Balaban J connectivity index is 1.35. The van der Waals surface area contributed by atoms with E-state index in [9.17, 15) is 9.59 Å². The molecule has 30 heavy (non-hydrogen) atoms. The third kappa shape index (κ3) is 5.37. The van der Waals surface area contributed by atoms with Gasteiger partial charge in [0.15, 0.2) is 0 Å². The van der Waals surface area contributed by atoms with Gasteiger partial charge in [-0.05, 0) is 50.7 Å². The van der Waals surface area contributed by atoms with E-state index in [1.807, 2.05) is 17.0 Å². The molecule has 3 fully saturated rings. The predicted molar refractivity (Wildman–Crippen MR) is 121 cm³/mol. The maximum atomic E-state index is 13.3. The maximum absolute atomic E-state index is 13.3. The predicted octanol–water partition coefficient (Wildman–Crippen LogP) is 4.90. The Labute approximate surface area is 185 Å². The summed E-state index contributed by atoms with van der Waals surface area (Å²) in [6.07, 6.45) is 16.1. The normalized spacial score (nSPS) is 21.0. The summed E-state index contributed by atoms with van der Waals surface area (Å²) in [6.45, 7) is 1.70. The van der Waals surface area contributed by atoms with Crippen LogP contribution in [0, 0.1) is 0 Å². The van der Waals surface area contributed by atoms with E-state index in [0.29, 0.717) is 23.4 Å². The molecule has 3 aliphatic rings. The highest BCUT2D eigenvalue weighted by atomic mass is 32.2. The van der Waals surface area contributed by atoms with E-state index >= 15 is 0 Å². The first-order chi connectivity index (χ1) is 14.7. The molecular formula is C24H35N3O2S. The zero-order valence-electron chi connectivity index (χ0n) is 18.1. The number of carbonyl (C=O) groups excluding carboxylic acids is 2. The molecule has 164 valence electrons. The third-order valence-corrected chi connectivity index (χ3v) is 7.87. The van der Waals surface area contributed by atoms with Gasteiger partial charge in [-0.2, -0.15) is 0 Å². The average molecular weight is 430 g/mol. The van der Waals surface area contributed by atoms with E-state index in [0.717, 1.165) is 31.0 Å². The monoisotopic (exact) mass is 429 g/mol. The summed E-state index contributed by atoms with van der Waals surface area (Å²) in [7, 11) is 0. The topological polar surface area (TPSA) is 53.5 Å². The standard InChI is InChI=1S/C24H35N3O2S/c28-23(27(20-9-3-1-4-10-20)21-11-5-2-6-12-21)18-30-22-14-13-19(17-25-22)24(29)26-15-7-8-16-26/h13-14,17,20-21H,1-12,15-16,18H2. The molecule has 0 aromatic carbocycles. The second-order valence-electron chi connectivity index (χ2n) is 9.06. The first-order valence-electron chi connectivity index (χ1n) is 11.9. The van der Waals surface area contributed by atoms with Crippen LogP contribution in [0.1, 0.15) is 87.4 Å². The minimum absolute atomic E-state index is 0.0772. The van der Waals surface area contributed by atoms with Crippen LogP contribution < -0.4 is 0 Å². The Hall–Kier alpha value is -1.56. The van der Waals surface area contributed by atoms with E-state index in [2.05, 4.69) is 9.88 Å². The molecule has 2 saturated carbocycles. The van der Waals surface area contributed by atoms with Crippen molar-refractivity contribution in [3.63, 3.8) is 0 Å². The molecule has 1 aromatic rings. The van der Waals surface area contributed by atoms with Gasteiger partial charge in [-0.1, -0.05) is 50.3 Å². The number of likely N-dealkylation sites (tertiary alicyclic amines) is 1. The second-order valence-corrected chi connectivity index (χ2v) is 10.1. The molecule has 2 aliphatic carbocycles. The largest absolute Gasteiger partial charge is 0.339 e. The van der Waals surface area contributed by atoms with Gasteiger partial charge in [0.2, 0.25) is 5.91 Å². The molecule has 0 N–H and O–H groups in total. The summed E-state index contributed by atoms with van der Waals surface area (Å²) in [6, 6.07) is 4.62. The number of rotatable bonds is 6. The average Bonchev–Trinajstić information content (AvgIpc) is 3.34. The minimum Gasteiger partial charge on any atom is -0.339 e. The Bertz CT molecular complexity index is 688. The van der Waals surface area contributed by atoms with Crippen LogP contribution in [0.5, 0.6) is 0 Å². The zero-order chi connectivity index (χ0) is 20.8. The molecule has 2 amide bonds. The molecule has 1 saturated heterocycles. The van der Waals surface area contributed by atoms with Gasteiger partial charge in [0.05, 0.1) is 16.3 Å². The van der Waals surface area contributed by atoms with Gasteiger partial charge in [-0.25, -0.2) is 4.98 Å². The summed E-state index contributed by atoms with van der Waals surface area (Å²) in [4.78, 5) is 34.4. The van der Waals surface area contributed by atoms with Crippen molar-refractivity contribution in [3.05, 3.63) is 23.9 Å². The third-order valence-electron chi connectivity index (χ3n) is 6.94. The van der Waals surface area contributed by atoms with E-state index in [1.165, 1.54) is 76.0 Å². The molecule has 0 unspecified atom stereocenters. The molecule has 1 aliphatic heterocycles. The van der Waals surface area contributed by atoms with Crippen LogP contribution in [0.2, 0.25) is 0 Å². The number of pyridine rings is 1. The molecule has 4 rings (SSSR count). The van der Waals surface area contributed by atoms with E-state index < -0.39 is 0 Å². The molecule has 5 nitrogen and oxygen atoms in total. The zero-order valence-corrected chi connectivity index (χ0v) is 18.9. The van der Waals surface area contributed by atoms with Crippen molar-refractivity contribution < 1.29 is 9.59 Å². The van der Waals surface area contributed by atoms with Crippen LogP contribution in [0.3, 0.4) is 0 Å². The van der Waals surface area contributed by atoms with Gasteiger partial charge >= 0.3 is 0 Å². The lowest BCUT2D eigenvalue weighted by molar-refractivity contribution is -0.135. The van der Waals surface area contributed by atoms with E-state index in [4.69, 9.17) is 0 Å². The Kier molecular flexibility index (Phi) is 7.69. The molecular weight excluding hydrogens is 394 g/mol. The first kappa shape index (κ1) is 21.7. The molecule has 0 atom stereocenters. The maximum Gasteiger partial charge on any atom is 0.255 e. The summed E-state index contributed by atoms with van der Waals surface area (Å²) < 4.78 is 0. The molecule has 2 heterocycles. The van der Waals surface area contributed by atoms with E-state index in [1.54, 1.807) is 6.20 Å². The Morgan fingerprint density at radius 2 is 1.50 bits per heavy atom. The highest BCUT2D eigenvalue weighted by Gasteiger charge is 2.32. The van der Waals surface area contributed by atoms with Crippen LogP contribution in [0.4, 0.5) is 0 Å². The number of carbonyl (C=O) groups is 2. The van der Waals surface area contributed by atoms with Gasteiger partial charge in [-0.3, -0.25) is 9.59 Å². The smallest absolute Gasteiger partial charge is 0.255 e. The van der Waals surface area contributed by atoms with Crippen molar-refractivity contribution in [1.29, 1.82) is 0 Å². The molecule has 0 bridgehead atoms. The van der Waals surface area contributed by atoms with Crippen molar-refractivity contribution >= 4 is 23.6 Å². The lowest BCUT2D eigenvalue weighted by Gasteiger charge is -2.41. The Morgan fingerprint density at radius 3 is 2.03 bits per heavy atom. The fraction of sp³-hybridized carbons (Fsp3) is 0.708. The van der Waals surface area contributed by atoms with Crippen LogP contribution in [0.15, 0.2) is 23.4 Å². The van der Waals surface area contributed by atoms with Crippen molar-refractivity contribution in [2.45, 2.75) is 94.2 Å². The van der Waals surface area contributed by atoms with Gasteiger partial charge in [0.25, 0.3) is 5.91 Å². The summed E-state index contributed by atoms with van der Waals surface area (Å²) in [5.74, 6) is 0.797. The van der Waals surface area contributed by atoms with Crippen molar-refractivity contribution in [1.82, 2.24) is 14.8 Å². The number of amides is 2. The van der Waals surface area contributed by atoms with Crippen molar-refractivity contribution in [3.8, 4) is 0 Å². The lowest BCUT2D eigenvalue weighted by Crippen LogP contribution is -2.49. The molecule has 0 spiro atoms. The Morgan fingerprint density at radius 1 is 0.900 bits per heavy atom. The van der Waals surface area contributed by atoms with Crippen LogP contribution >= 0.6 is 11.8 Å². The van der Waals surface area contributed by atoms with Gasteiger partial charge in [-0.15, -0.1) is 0 Å². The first-order valence-corrected chi connectivity index (χ1v) is 12.9. The fourth-order valence-corrected chi connectivity index (χ4v) is 6.04. The fourth-order valence-electron chi connectivity index (χ4n) is 5.33. The second kappa shape index (κ2) is 10.7. The highest BCUT2D eigenvalue weighted by Crippen LogP contribution is 2.31. The van der Waals surface area contributed by atoms with Gasteiger partial charge in [0.1, 0.15) is 0 Å². The number of hydrogen-bond acceptors (Lipinski definition) is 4. The van der Waals surface area contributed by atoms with Crippen molar-refractivity contribution in [2.75, 3.05) is 18.8 Å². The quantitative estimate of drug-likeness (QED) is 0.603. The molecule has 0 radical (unpaired) electrons. The number of aromatic nitrogens is 1. The highest BCUT2D eigenvalue weighted by molar-refractivity contribution is 7.99. The van der Waals surface area contributed by atoms with Crippen LogP contribution in [-0.4, -0.2) is 57.5 Å².